The van der Waals surface area contributed by atoms with Gasteiger partial charge in [-0.2, -0.15) is 4.37 Å². The van der Waals surface area contributed by atoms with Gasteiger partial charge in [-0.25, -0.2) is 0 Å². The normalized spacial score (nSPS) is 21.6. The lowest BCUT2D eigenvalue weighted by atomic mass is 10.0. The van der Waals surface area contributed by atoms with Crippen molar-refractivity contribution < 1.29 is 9.90 Å². The number of piperidine rings is 1. The van der Waals surface area contributed by atoms with Crippen molar-refractivity contribution >= 4 is 17.5 Å². The second-order valence-electron chi connectivity index (χ2n) is 4.62. The largest absolute Gasteiger partial charge is 0.480 e. The van der Waals surface area contributed by atoms with Gasteiger partial charge >= 0.3 is 5.97 Å². The molecule has 1 saturated heterocycles. The molecule has 1 fully saturated rings. The highest BCUT2D eigenvalue weighted by Gasteiger charge is 2.29. The molecule has 1 aromatic heterocycles. The van der Waals surface area contributed by atoms with Gasteiger partial charge in [0.15, 0.2) is 0 Å². The van der Waals surface area contributed by atoms with E-state index in [4.69, 9.17) is 0 Å². The molecule has 4 nitrogen and oxygen atoms in total. The van der Waals surface area contributed by atoms with Crippen LogP contribution in [0.2, 0.25) is 0 Å². The Kier molecular flexibility index (Phi) is 3.79. The standard InChI is InChI=1S/C12H18N2O2S/c1-8-10(9(2)17-13-8)7-14-6-4-3-5-11(14)12(15)16/h11H,3-7H2,1-2H3,(H,15,16). The van der Waals surface area contributed by atoms with Crippen molar-refractivity contribution in [3.8, 4) is 0 Å². The van der Waals surface area contributed by atoms with Gasteiger partial charge in [0.25, 0.3) is 0 Å². The first-order valence-electron chi connectivity index (χ1n) is 5.98. The third kappa shape index (κ3) is 2.66. The third-order valence-corrected chi connectivity index (χ3v) is 4.33. The first-order valence-corrected chi connectivity index (χ1v) is 6.75. The van der Waals surface area contributed by atoms with Gasteiger partial charge in [-0.1, -0.05) is 6.42 Å². The monoisotopic (exact) mass is 254 g/mol. The number of aryl methyl sites for hydroxylation is 2. The highest BCUT2D eigenvalue weighted by Crippen LogP contribution is 2.24. The number of hydrogen-bond acceptors (Lipinski definition) is 4. The SMILES string of the molecule is Cc1nsc(C)c1CN1CCCCC1C(=O)O. The fraction of sp³-hybridized carbons (Fsp3) is 0.667. The molecule has 1 N–H and O–H groups in total. The van der Waals surface area contributed by atoms with Crippen LogP contribution in [-0.4, -0.2) is 32.9 Å². The van der Waals surface area contributed by atoms with Gasteiger partial charge in [0.1, 0.15) is 6.04 Å². The molecule has 1 aromatic rings. The second kappa shape index (κ2) is 5.14. The summed E-state index contributed by atoms with van der Waals surface area (Å²) in [6.07, 6.45) is 2.89. The summed E-state index contributed by atoms with van der Waals surface area (Å²) in [6, 6.07) is -0.317. The van der Waals surface area contributed by atoms with E-state index in [1.54, 1.807) is 0 Å². The summed E-state index contributed by atoms with van der Waals surface area (Å²) < 4.78 is 4.32. The van der Waals surface area contributed by atoms with Crippen LogP contribution < -0.4 is 0 Å². The fourth-order valence-electron chi connectivity index (χ4n) is 2.39. The molecule has 1 unspecified atom stereocenters. The van der Waals surface area contributed by atoms with Crippen LogP contribution in [0.4, 0.5) is 0 Å². The van der Waals surface area contributed by atoms with Gasteiger partial charge in [0.2, 0.25) is 0 Å². The van der Waals surface area contributed by atoms with Gasteiger partial charge in [0, 0.05) is 17.0 Å². The number of rotatable bonds is 3. The first-order chi connectivity index (χ1) is 8.09. The summed E-state index contributed by atoms with van der Waals surface area (Å²) in [4.78, 5) is 14.5. The summed E-state index contributed by atoms with van der Waals surface area (Å²) >= 11 is 1.51. The highest BCUT2D eigenvalue weighted by atomic mass is 32.1. The van der Waals surface area contributed by atoms with E-state index in [-0.39, 0.29) is 6.04 Å². The minimum absolute atomic E-state index is 0.317. The zero-order valence-corrected chi connectivity index (χ0v) is 11.1. The Hall–Kier alpha value is -0.940. The molecule has 2 heterocycles. The highest BCUT2D eigenvalue weighted by molar-refractivity contribution is 7.05. The molecular formula is C12H18N2O2S. The number of aliphatic carboxylic acids is 1. The number of likely N-dealkylation sites (tertiary alicyclic amines) is 1. The number of aromatic nitrogens is 1. The van der Waals surface area contributed by atoms with E-state index >= 15 is 0 Å². The molecule has 5 heteroatoms. The van der Waals surface area contributed by atoms with E-state index in [0.29, 0.717) is 0 Å². The minimum atomic E-state index is -0.691. The molecule has 2 rings (SSSR count). The van der Waals surface area contributed by atoms with Crippen molar-refractivity contribution in [2.24, 2.45) is 0 Å². The van der Waals surface area contributed by atoms with Crippen LogP contribution in [0.15, 0.2) is 0 Å². The molecule has 94 valence electrons. The van der Waals surface area contributed by atoms with Crippen LogP contribution in [0.25, 0.3) is 0 Å². The minimum Gasteiger partial charge on any atom is -0.480 e. The lowest BCUT2D eigenvalue weighted by molar-refractivity contribution is -0.144. The van der Waals surface area contributed by atoms with E-state index in [0.717, 1.165) is 38.0 Å². The van der Waals surface area contributed by atoms with Crippen LogP contribution in [0, 0.1) is 13.8 Å². The van der Waals surface area contributed by atoms with Crippen molar-refractivity contribution in [2.75, 3.05) is 6.54 Å². The molecule has 0 bridgehead atoms. The summed E-state index contributed by atoms with van der Waals surface area (Å²) in [5, 5.41) is 9.22. The Bertz CT molecular complexity index is 397. The van der Waals surface area contributed by atoms with Crippen LogP contribution in [0.3, 0.4) is 0 Å². The number of nitrogens with zero attached hydrogens (tertiary/aromatic N) is 2. The molecule has 1 atom stereocenters. The molecule has 0 radical (unpaired) electrons. The third-order valence-electron chi connectivity index (χ3n) is 3.44. The first kappa shape index (κ1) is 12.5. The Balaban J connectivity index is 2.13. The topological polar surface area (TPSA) is 53.4 Å². The zero-order valence-electron chi connectivity index (χ0n) is 10.3. The number of carboxylic acid groups (broad SMARTS) is 1. The average Bonchev–Trinajstić information content (AvgIpc) is 2.61. The summed E-state index contributed by atoms with van der Waals surface area (Å²) in [6.45, 7) is 5.66. The predicted molar refractivity (Wildman–Crippen MR) is 67.3 cm³/mol. The summed E-state index contributed by atoms with van der Waals surface area (Å²) in [5.41, 5.74) is 2.25. The van der Waals surface area contributed by atoms with Gasteiger partial charge in [-0.15, -0.1) is 0 Å². The Morgan fingerprint density at radius 1 is 1.53 bits per heavy atom. The van der Waals surface area contributed by atoms with Crippen LogP contribution >= 0.6 is 11.5 Å². The van der Waals surface area contributed by atoms with Crippen LogP contribution in [0.5, 0.6) is 0 Å². The molecule has 1 aliphatic rings. The van der Waals surface area contributed by atoms with Crippen molar-refractivity contribution in [2.45, 2.75) is 45.7 Å². The molecule has 1 aliphatic heterocycles. The van der Waals surface area contributed by atoms with Crippen molar-refractivity contribution in [1.29, 1.82) is 0 Å². The maximum atomic E-state index is 11.2. The molecule has 0 saturated carbocycles. The average molecular weight is 254 g/mol. The maximum Gasteiger partial charge on any atom is 0.320 e. The lowest BCUT2D eigenvalue weighted by Crippen LogP contribution is -2.44. The Morgan fingerprint density at radius 2 is 2.29 bits per heavy atom. The maximum absolute atomic E-state index is 11.2. The molecule has 0 aliphatic carbocycles. The van der Waals surface area contributed by atoms with Crippen molar-refractivity contribution in [3.05, 3.63) is 16.1 Å². The van der Waals surface area contributed by atoms with Crippen LogP contribution in [-0.2, 0) is 11.3 Å². The lowest BCUT2D eigenvalue weighted by Gasteiger charge is -2.32. The molecule has 0 spiro atoms. The van der Waals surface area contributed by atoms with E-state index < -0.39 is 5.97 Å². The smallest absolute Gasteiger partial charge is 0.320 e. The van der Waals surface area contributed by atoms with E-state index in [2.05, 4.69) is 16.2 Å². The fourth-order valence-corrected chi connectivity index (χ4v) is 3.10. The molecule has 0 aromatic carbocycles. The predicted octanol–water partition coefficient (Wildman–Crippen LogP) is 2.20. The quantitative estimate of drug-likeness (QED) is 0.898. The zero-order chi connectivity index (χ0) is 12.4. The van der Waals surface area contributed by atoms with Crippen molar-refractivity contribution in [1.82, 2.24) is 9.27 Å². The van der Waals surface area contributed by atoms with E-state index in [1.165, 1.54) is 22.0 Å². The molecule has 17 heavy (non-hydrogen) atoms. The van der Waals surface area contributed by atoms with E-state index in [9.17, 15) is 9.90 Å². The number of hydrogen-bond donors (Lipinski definition) is 1. The summed E-state index contributed by atoms with van der Waals surface area (Å²) in [5.74, 6) is -0.691. The molecule has 0 amide bonds. The molecular weight excluding hydrogens is 236 g/mol. The van der Waals surface area contributed by atoms with Crippen LogP contribution in [0.1, 0.15) is 35.4 Å². The Morgan fingerprint density at radius 3 is 2.88 bits per heavy atom. The second-order valence-corrected chi connectivity index (χ2v) is 5.60. The summed E-state index contributed by atoms with van der Waals surface area (Å²) in [7, 11) is 0. The van der Waals surface area contributed by atoms with Gasteiger partial charge in [0.05, 0.1) is 5.69 Å². The van der Waals surface area contributed by atoms with Gasteiger partial charge in [-0.05, 0) is 44.8 Å². The van der Waals surface area contributed by atoms with E-state index in [1.807, 2.05) is 6.92 Å². The number of carboxylic acids is 1. The number of carbonyl (C=O) groups is 1. The Labute approximate surface area is 105 Å². The van der Waals surface area contributed by atoms with Crippen molar-refractivity contribution in [3.63, 3.8) is 0 Å². The van der Waals surface area contributed by atoms with Gasteiger partial charge in [-0.3, -0.25) is 9.69 Å². The van der Waals surface area contributed by atoms with Gasteiger partial charge < -0.3 is 5.11 Å².